The van der Waals surface area contributed by atoms with E-state index < -0.39 is 24.7 Å². The third kappa shape index (κ3) is 4.75. The molecule has 3 aliphatic rings. The molecule has 0 spiro atoms. The molecule has 5 nitrogen and oxygen atoms in total. The fourth-order valence-electron chi connectivity index (χ4n) is 4.10. The summed E-state index contributed by atoms with van der Waals surface area (Å²) in [5.41, 5.74) is 0. The summed E-state index contributed by atoms with van der Waals surface area (Å²) in [6.07, 6.45) is 0.427. The highest BCUT2D eigenvalue weighted by Gasteiger charge is 2.40. The topological polar surface area (TPSA) is 61.4 Å². The maximum absolute atomic E-state index is 12.4. The second kappa shape index (κ2) is 7.47. The van der Waals surface area contributed by atoms with Crippen molar-refractivity contribution >= 4 is 24.2 Å². The number of nitrogens with zero attached hydrogens (tertiary/aromatic N) is 1. The Morgan fingerprint density at radius 2 is 1.83 bits per heavy atom. The van der Waals surface area contributed by atoms with Gasteiger partial charge in [-0.1, -0.05) is 0 Å². The number of likely N-dealkylation sites (tertiary alicyclic amines) is 1. The Morgan fingerprint density at radius 1 is 1.21 bits per heavy atom. The fraction of sp³-hybridized carbons (Fsp3) is 0.867. The van der Waals surface area contributed by atoms with E-state index in [0.717, 1.165) is 30.6 Å². The molecule has 9 heteroatoms. The van der Waals surface area contributed by atoms with E-state index in [1.54, 1.807) is 0 Å². The zero-order valence-corrected chi connectivity index (χ0v) is 14.1. The van der Waals surface area contributed by atoms with Crippen LogP contribution in [0, 0.1) is 5.92 Å². The Kier molecular flexibility index (Phi) is 6.01. The number of rotatable bonds is 4. The number of piperidine rings is 1. The smallest absolute Gasteiger partial charge is 0.344 e. The average Bonchev–Trinajstić information content (AvgIpc) is 2.94. The molecule has 24 heavy (non-hydrogen) atoms. The quantitative estimate of drug-likeness (QED) is 0.791. The predicted octanol–water partition coefficient (Wildman–Crippen LogP) is 1.61. The molecule has 3 heterocycles. The van der Waals surface area contributed by atoms with Gasteiger partial charge in [0.2, 0.25) is 11.8 Å². The standard InChI is InChI=1S/C15H22F3N3O2.ClH/c16-15(17,18)8-21-4-3-12(14(21)23)20-13(22)7-9-5-10-1-2-11(6-9)19-10;/h9-12,19H,1-8H2,(H,20,22);1H. The molecule has 2 bridgehead atoms. The number of carbonyl (C=O) groups is 2. The molecule has 0 aromatic carbocycles. The van der Waals surface area contributed by atoms with Gasteiger partial charge in [-0.2, -0.15) is 13.2 Å². The van der Waals surface area contributed by atoms with Crippen LogP contribution in [-0.2, 0) is 9.59 Å². The molecule has 3 atom stereocenters. The number of carbonyl (C=O) groups excluding carboxylic acids is 2. The molecule has 0 saturated carbocycles. The van der Waals surface area contributed by atoms with Crippen molar-refractivity contribution in [1.29, 1.82) is 0 Å². The summed E-state index contributed by atoms with van der Waals surface area (Å²) in [7, 11) is 0. The molecule has 3 fully saturated rings. The van der Waals surface area contributed by atoms with Crippen LogP contribution in [0.4, 0.5) is 13.2 Å². The van der Waals surface area contributed by atoms with Crippen molar-refractivity contribution in [1.82, 2.24) is 15.5 Å². The molecule has 0 aromatic rings. The lowest BCUT2D eigenvalue weighted by Gasteiger charge is -2.28. The van der Waals surface area contributed by atoms with Crippen molar-refractivity contribution in [3.05, 3.63) is 0 Å². The van der Waals surface area contributed by atoms with Gasteiger partial charge in [-0.05, 0) is 38.0 Å². The number of amides is 2. The molecule has 0 aliphatic carbocycles. The van der Waals surface area contributed by atoms with E-state index in [1.807, 2.05) is 0 Å². The number of halogens is 4. The van der Waals surface area contributed by atoms with E-state index in [1.165, 1.54) is 0 Å². The molecule has 0 aromatic heterocycles. The van der Waals surface area contributed by atoms with E-state index in [0.29, 0.717) is 24.4 Å². The minimum absolute atomic E-state index is 0. The Labute approximate surface area is 145 Å². The summed E-state index contributed by atoms with van der Waals surface area (Å²) < 4.78 is 37.1. The first-order chi connectivity index (χ1) is 10.8. The molecule has 0 radical (unpaired) electrons. The number of fused-ring (bicyclic) bond motifs is 2. The second-order valence-electron chi connectivity index (χ2n) is 6.96. The molecule has 2 amide bonds. The van der Waals surface area contributed by atoms with Crippen LogP contribution in [0.15, 0.2) is 0 Å². The largest absolute Gasteiger partial charge is 0.406 e. The minimum atomic E-state index is -4.40. The number of hydrogen-bond donors (Lipinski definition) is 2. The normalized spacial score (nSPS) is 32.6. The molecular weight excluding hydrogens is 347 g/mol. The van der Waals surface area contributed by atoms with Gasteiger partial charge in [0.15, 0.2) is 0 Å². The average molecular weight is 370 g/mol. The SMILES string of the molecule is Cl.O=C(CC1CC2CCC(C1)N2)NC1CCN(CC(F)(F)F)C1=O. The fourth-order valence-corrected chi connectivity index (χ4v) is 4.10. The highest BCUT2D eigenvalue weighted by atomic mass is 35.5. The summed E-state index contributed by atoms with van der Waals surface area (Å²) in [6, 6.07) is 0.173. The monoisotopic (exact) mass is 369 g/mol. The predicted molar refractivity (Wildman–Crippen MR) is 83.7 cm³/mol. The highest BCUT2D eigenvalue weighted by molar-refractivity contribution is 5.89. The first kappa shape index (κ1) is 19.3. The van der Waals surface area contributed by atoms with Crippen molar-refractivity contribution in [3.63, 3.8) is 0 Å². The summed E-state index contributed by atoms with van der Waals surface area (Å²) in [5, 5.41) is 6.13. The maximum atomic E-state index is 12.4. The third-order valence-corrected chi connectivity index (χ3v) is 5.05. The van der Waals surface area contributed by atoms with Gasteiger partial charge < -0.3 is 15.5 Å². The van der Waals surface area contributed by atoms with Gasteiger partial charge in [-0.25, -0.2) is 0 Å². The Hall–Kier alpha value is -1.02. The number of nitrogens with one attached hydrogen (secondary N) is 2. The van der Waals surface area contributed by atoms with Crippen molar-refractivity contribution in [2.24, 2.45) is 5.92 Å². The van der Waals surface area contributed by atoms with E-state index in [-0.39, 0.29) is 31.3 Å². The first-order valence-electron chi connectivity index (χ1n) is 8.21. The molecule has 3 saturated heterocycles. The Balaban J connectivity index is 0.00000208. The van der Waals surface area contributed by atoms with Gasteiger partial charge in [-0.15, -0.1) is 12.4 Å². The lowest BCUT2D eigenvalue weighted by Crippen LogP contribution is -2.45. The van der Waals surface area contributed by atoms with Crippen LogP contribution in [0.3, 0.4) is 0 Å². The van der Waals surface area contributed by atoms with Crippen molar-refractivity contribution < 1.29 is 22.8 Å². The molecule has 3 aliphatic heterocycles. The van der Waals surface area contributed by atoms with Crippen LogP contribution < -0.4 is 10.6 Å². The summed E-state index contributed by atoms with van der Waals surface area (Å²) >= 11 is 0. The van der Waals surface area contributed by atoms with E-state index >= 15 is 0 Å². The first-order valence-corrected chi connectivity index (χ1v) is 8.21. The van der Waals surface area contributed by atoms with Crippen LogP contribution in [0.25, 0.3) is 0 Å². The van der Waals surface area contributed by atoms with Gasteiger partial charge in [0.25, 0.3) is 0 Å². The highest BCUT2D eigenvalue weighted by Crippen LogP contribution is 2.32. The molecule has 2 N–H and O–H groups in total. The molecular formula is C15H23ClF3N3O2. The van der Waals surface area contributed by atoms with Gasteiger partial charge in [0.05, 0.1) is 0 Å². The lowest BCUT2D eigenvalue weighted by atomic mass is 9.89. The van der Waals surface area contributed by atoms with E-state index in [2.05, 4.69) is 10.6 Å². The van der Waals surface area contributed by atoms with E-state index in [9.17, 15) is 22.8 Å². The van der Waals surface area contributed by atoms with Crippen LogP contribution >= 0.6 is 12.4 Å². The summed E-state index contributed by atoms with van der Waals surface area (Å²) in [5.74, 6) is -0.541. The van der Waals surface area contributed by atoms with E-state index in [4.69, 9.17) is 0 Å². The molecule has 3 rings (SSSR count). The number of hydrogen-bond acceptors (Lipinski definition) is 3. The van der Waals surface area contributed by atoms with Crippen LogP contribution in [0.2, 0.25) is 0 Å². The Morgan fingerprint density at radius 3 is 2.42 bits per heavy atom. The summed E-state index contributed by atoms with van der Waals surface area (Å²) in [4.78, 5) is 24.8. The van der Waals surface area contributed by atoms with Crippen molar-refractivity contribution in [3.8, 4) is 0 Å². The lowest BCUT2D eigenvalue weighted by molar-refractivity contribution is -0.158. The molecule has 3 unspecified atom stereocenters. The maximum Gasteiger partial charge on any atom is 0.406 e. The second-order valence-corrected chi connectivity index (χ2v) is 6.96. The van der Waals surface area contributed by atoms with Gasteiger partial charge in [0.1, 0.15) is 12.6 Å². The van der Waals surface area contributed by atoms with Crippen LogP contribution in [0.5, 0.6) is 0 Å². The van der Waals surface area contributed by atoms with Gasteiger partial charge >= 0.3 is 6.18 Å². The van der Waals surface area contributed by atoms with Crippen molar-refractivity contribution in [2.75, 3.05) is 13.1 Å². The van der Waals surface area contributed by atoms with Crippen LogP contribution in [-0.4, -0.2) is 54.1 Å². The summed E-state index contributed by atoms with van der Waals surface area (Å²) in [6.45, 7) is -1.20. The number of alkyl halides is 3. The third-order valence-electron chi connectivity index (χ3n) is 5.05. The zero-order chi connectivity index (χ0) is 16.6. The van der Waals surface area contributed by atoms with Crippen LogP contribution in [0.1, 0.15) is 38.5 Å². The minimum Gasteiger partial charge on any atom is -0.344 e. The zero-order valence-electron chi connectivity index (χ0n) is 13.3. The Bertz CT molecular complexity index is 477. The van der Waals surface area contributed by atoms with Gasteiger partial charge in [-0.3, -0.25) is 9.59 Å². The van der Waals surface area contributed by atoms with Crippen molar-refractivity contribution in [2.45, 2.75) is 62.8 Å². The molecule has 138 valence electrons. The van der Waals surface area contributed by atoms with Gasteiger partial charge in [0, 0.05) is 25.0 Å².